The van der Waals surface area contributed by atoms with Crippen molar-refractivity contribution in [1.29, 1.82) is 0 Å². The molecule has 0 aromatic heterocycles. The van der Waals surface area contributed by atoms with Gasteiger partial charge in [0.25, 0.3) is 0 Å². The maximum absolute atomic E-state index is 13.0. The van der Waals surface area contributed by atoms with Crippen LogP contribution in [0.25, 0.3) is 0 Å². The van der Waals surface area contributed by atoms with Gasteiger partial charge in [0.05, 0.1) is 11.3 Å². The van der Waals surface area contributed by atoms with Gasteiger partial charge >= 0.3 is 0 Å². The van der Waals surface area contributed by atoms with E-state index in [4.69, 9.17) is 9.47 Å². The van der Waals surface area contributed by atoms with E-state index in [1.807, 2.05) is 30.3 Å². The first-order valence-electron chi connectivity index (χ1n) is 11.4. The molecule has 10 heteroatoms. The van der Waals surface area contributed by atoms with Gasteiger partial charge in [-0.25, -0.2) is 8.42 Å². The van der Waals surface area contributed by atoms with Gasteiger partial charge in [-0.05, 0) is 30.5 Å². The molecule has 1 fully saturated rings. The molecule has 0 saturated carbocycles. The van der Waals surface area contributed by atoms with E-state index >= 15 is 0 Å². The third-order valence-corrected chi connectivity index (χ3v) is 7.82. The summed E-state index contributed by atoms with van der Waals surface area (Å²) >= 11 is 0. The first-order chi connectivity index (χ1) is 16.4. The first kappa shape index (κ1) is 24.0. The minimum Gasteiger partial charge on any atom is -0.486 e. The number of hydrogen-bond acceptors (Lipinski definition) is 6. The molecule has 4 rings (SSSR count). The molecule has 2 aliphatic rings. The zero-order valence-corrected chi connectivity index (χ0v) is 19.7. The summed E-state index contributed by atoms with van der Waals surface area (Å²) in [6.45, 7) is 2.03. The fourth-order valence-corrected chi connectivity index (χ4v) is 5.55. The summed E-state index contributed by atoms with van der Waals surface area (Å²) in [4.78, 5) is 24.6. The number of benzene rings is 2. The topological polar surface area (TPSA) is 114 Å². The van der Waals surface area contributed by atoms with E-state index in [1.54, 1.807) is 6.07 Å². The summed E-state index contributed by atoms with van der Waals surface area (Å²) in [5.74, 6) is 0.493. The predicted octanol–water partition coefficient (Wildman–Crippen LogP) is 1.33. The van der Waals surface area contributed by atoms with Crippen LogP contribution in [-0.4, -0.2) is 63.9 Å². The van der Waals surface area contributed by atoms with E-state index in [0.29, 0.717) is 57.1 Å². The van der Waals surface area contributed by atoms with Crippen molar-refractivity contribution in [3.05, 3.63) is 54.1 Å². The zero-order valence-electron chi connectivity index (χ0n) is 18.9. The number of hydrogen-bond donors (Lipinski definition) is 2. The number of fused-ring (bicyclic) bond motifs is 1. The van der Waals surface area contributed by atoms with Gasteiger partial charge in [0, 0.05) is 38.2 Å². The normalized spacial score (nSPS) is 16.6. The van der Waals surface area contributed by atoms with E-state index in [9.17, 15) is 18.0 Å². The molecule has 9 nitrogen and oxygen atoms in total. The molecule has 0 unspecified atom stereocenters. The smallest absolute Gasteiger partial charge is 0.243 e. The standard InChI is InChI=1S/C24H29N3O6S/c28-23(16-18-4-2-1-3-5-18)25-10-11-26-24(29)19-8-12-27(13-9-19)34(30,31)20-6-7-21-22(17-20)33-15-14-32-21/h1-7,17,19H,8-16H2,(H,25,28)(H,26,29). The predicted molar refractivity (Wildman–Crippen MR) is 125 cm³/mol. The molecular formula is C24H29N3O6S. The highest BCUT2D eigenvalue weighted by atomic mass is 32.2. The summed E-state index contributed by atoms with van der Waals surface area (Å²) in [7, 11) is -3.68. The van der Waals surface area contributed by atoms with Crippen LogP contribution in [0.3, 0.4) is 0 Å². The van der Waals surface area contributed by atoms with Crippen LogP contribution in [0, 0.1) is 5.92 Å². The van der Waals surface area contributed by atoms with E-state index in [-0.39, 0.29) is 35.7 Å². The van der Waals surface area contributed by atoms with Gasteiger partial charge in [-0.2, -0.15) is 4.31 Å². The van der Waals surface area contributed by atoms with Crippen LogP contribution in [0.1, 0.15) is 18.4 Å². The molecule has 34 heavy (non-hydrogen) atoms. The lowest BCUT2D eigenvalue weighted by Crippen LogP contribution is -2.44. The maximum Gasteiger partial charge on any atom is 0.243 e. The van der Waals surface area contributed by atoms with Crippen LogP contribution in [0.15, 0.2) is 53.4 Å². The third-order valence-electron chi connectivity index (χ3n) is 5.93. The number of nitrogens with one attached hydrogen (secondary N) is 2. The lowest BCUT2D eigenvalue weighted by Gasteiger charge is -2.30. The van der Waals surface area contributed by atoms with Crippen LogP contribution in [0.5, 0.6) is 11.5 Å². The lowest BCUT2D eigenvalue weighted by molar-refractivity contribution is -0.126. The molecule has 182 valence electrons. The summed E-state index contributed by atoms with van der Waals surface area (Å²) < 4.78 is 38.5. The van der Waals surface area contributed by atoms with Gasteiger partial charge in [-0.15, -0.1) is 0 Å². The van der Waals surface area contributed by atoms with Crippen LogP contribution >= 0.6 is 0 Å². The molecule has 0 atom stereocenters. The van der Waals surface area contributed by atoms with Crippen LogP contribution in [0.2, 0.25) is 0 Å². The second-order valence-electron chi connectivity index (χ2n) is 8.29. The highest BCUT2D eigenvalue weighted by molar-refractivity contribution is 7.89. The fraction of sp³-hybridized carbons (Fsp3) is 0.417. The first-order valence-corrected chi connectivity index (χ1v) is 12.9. The van der Waals surface area contributed by atoms with Gasteiger partial charge < -0.3 is 20.1 Å². The van der Waals surface area contributed by atoms with Gasteiger partial charge in [0.15, 0.2) is 11.5 Å². The highest BCUT2D eigenvalue weighted by Gasteiger charge is 2.32. The van der Waals surface area contributed by atoms with E-state index in [2.05, 4.69) is 10.6 Å². The number of carbonyl (C=O) groups is 2. The Balaban J connectivity index is 1.20. The Labute approximate surface area is 199 Å². The van der Waals surface area contributed by atoms with Crippen molar-refractivity contribution in [2.24, 2.45) is 5.92 Å². The fourth-order valence-electron chi connectivity index (χ4n) is 4.07. The van der Waals surface area contributed by atoms with Crippen LogP contribution in [-0.2, 0) is 26.0 Å². The Morgan fingerprint density at radius 2 is 1.59 bits per heavy atom. The van der Waals surface area contributed by atoms with Gasteiger partial charge in [-0.1, -0.05) is 30.3 Å². The Kier molecular flexibility index (Phi) is 7.69. The average Bonchev–Trinajstić information content (AvgIpc) is 2.87. The van der Waals surface area contributed by atoms with Crippen LogP contribution < -0.4 is 20.1 Å². The third kappa shape index (κ3) is 5.87. The molecular weight excluding hydrogens is 458 g/mol. The molecule has 2 aliphatic heterocycles. The van der Waals surface area contributed by atoms with Gasteiger partial charge in [0.1, 0.15) is 13.2 Å². The molecule has 2 aromatic rings. The Morgan fingerprint density at radius 3 is 2.32 bits per heavy atom. The SMILES string of the molecule is O=C(Cc1ccccc1)NCCNC(=O)C1CCN(S(=O)(=O)c2ccc3c(c2)OCCO3)CC1. The molecule has 0 aliphatic carbocycles. The van der Waals surface area contributed by atoms with E-state index in [1.165, 1.54) is 16.4 Å². The minimum atomic E-state index is -3.68. The molecule has 2 amide bonds. The van der Waals surface area contributed by atoms with Crippen molar-refractivity contribution in [2.45, 2.75) is 24.2 Å². The van der Waals surface area contributed by atoms with Crippen molar-refractivity contribution in [3.8, 4) is 11.5 Å². The van der Waals surface area contributed by atoms with Crippen molar-refractivity contribution < 1.29 is 27.5 Å². The van der Waals surface area contributed by atoms with E-state index in [0.717, 1.165) is 5.56 Å². The highest BCUT2D eigenvalue weighted by Crippen LogP contribution is 2.34. The maximum atomic E-state index is 13.0. The Bertz CT molecular complexity index is 1110. The largest absolute Gasteiger partial charge is 0.486 e. The second-order valence-corrected chi connectivity index (χ2v) is 10.2. The van der Waals surface area contributed by atoms with Gasteiger partial charge in [0.2, 0.25) is 21.8 Å². The number of piperidine rings is 1. The van der Waals surface area contributed by atoms with Gasteiger partial charge in [-0.3, -0.25) is 9.59 Å². The number of rotatable bonds is 8. The Morgan fingerprint density at radius 1 is 0.912 bits per heavy atom. The summed E-state index contributed by atoms with van der Waals surface area (Å²) in [6.07, 6.45) is 1.18. The molecule has 0 radical (unpaired) electrons. The zero-order chi connectivity index (χ0) is 24.0. The van der Waals surface area contributed by atoms with Crippen molar-refractivity contribution in [3.63, 3.8) is 0 Å². The summed E-state index contributed by atoms with van der Waals surface area (Å²) in [5.41, 5.74) is 0.932. The Hall–Kier alpha value is -3.11. The van der Waals surface area contributed by atoms with E-state index < -0.39 is 10.0 Å². The van der Waals surface area contributed by atoms with Crippen LogP contribution in [0.4, 0.5) is 0 Å². The number of nitrogens with zero attached hydrogens (tertiary/aromatic N) is 1. The molecule has 2 aromatic carbocycles. The van der Waals surface area contributed by atoms with Crippen molar-refractivity contribution in [1.82, 2.24) is 14.9 Å². The lowest BCUT2D eigenvalue weighted by atomic mass is 9.97. The second kappa shape index (κ2) is 10.9. The number of ether oxygens (including phenoxy) is 2. The quantitative estimate of drug-likeness (QED) is 0.543. The molecule has 0 spiro atoms. The number of sulfonamides is 1. The molecule has 1 saturated heterocycles. The number of carbonyl (C=O) groups excluding carboxylic acids is 2. The van der Waals surface area contributed by atoms with Crippen molar-refractivity contribution >= 4 is 21.8 Å². The molecule has 0 bridgehead atoms. The average molecular weight is 488 g/mol. The summed E-state index contributed by atoms with van der Waals surface area (Å²) in [6, 6.07) is 14.1. The molecule has 2 N–H and O–H groups in total. The summed E-state index contributed by atoms with van der Waals surface area (Å²) in [5, 5.41) is 5.63. The van der Waals surface area contributed by atoms with Crippen molar-refractivity contribution in [2.75, 3.05) is 39.4 Å². The molecule has 2 heterocycles. The minimum absolute atomic E-state index is 0.0990. The monoisotopic (exact) mass is 487 g/mol. The number of amides is 2.